The Labute approximate surface area is 731 Å². The van der Waals surface area contributed by atoms with Crippen LogP contribution in [0.15, 0.2) is 450 Å². The zero-order chi connectivity index (χ0) is 82.9. The summed E-state index contributed by atoms with van der Waals surface area (Å²) in [5.41, 5.74) is 33.5. The molecule has 25 rings (SSSR count). The highest BCUT2D eigenvalue weighted by Crippen LogP contribution is 2.52. The number of allylic oxidation sites excluding steroid dienone is 1. The molecule has 1 atom stereocenters. The van der Waals surface area contributed by atoms with Crippen LogP contribution >= 0.6 is 11.3 Å². The van der Waals surface area contributed by atoms with Gasteiger partial charge in [0.2, 0.25) is 0 Å². The van der Waals surface area contributed by atoms with Gasteiger partial charge in [-0.25, -0.2) is 0 Å². The number of hydrogen-bond donors (Lipinski definition) is 0. The second kappa shape index (κ2) is 29.9. The van der Waals surface area contributed by atoms with Crippen molar-refractivity contribution in [2.24, 2.45) is 0 Å². The summed E-state index contributed by atoms with van der Waals surface area (Å²) in [4.78, 5) is 4.83. The third-order valence-corrected chi connectivity index (χ3v) is 27.3. The maximum Gasteiger partial charge on any atom is 0.143 e. The van der Waals surface area contributed by atoms with Gasteiger partial charge in [0.1, 0.15) is 33.5 Å². The van der Waals surface area contributed by atoms with E-state index >= 15 is 0 Å². The SMILES string of the molecule is C1=CC(c2ccc3ccc4c(oc5cccc(-c6ccc(N(c7ccc(-c8ccc(-c9ccccc9)c(-c9ccccc9)c8)cc7)c7ccccc7-c7cccc8oc9c%10ccccc%10ccc9c78)cc6)c54)c3c2)Cc2ccc3c(oc4cccc(-c5ccccc5N(c5ccc(-c6ccccc6)cc5)c5ccc(-c6cccc7c6sc6ccccc67)cc5)c43)c21. The van der Waals surface area contributed by atoms with Crippen LogP contribution in [0, 0.1) is 0 Å². The highest BCUT2D eigenvalue weighted by atomic mass is 32.1. The Kier molecular flexibility index (Phi) is 17.2. The minimum absolute atomic E-state index is 0.112. The molecule has 4 heterocycles. The highest BCUT2D eigenvalue weighted by Gasteiger charge is 2.28. The van der Waals surface area contributed by atoms with E-state index in [2.05, 4.69) is 453 Å². The average molecular weight is 1630 g/mol. The van der Waals surface area contributed by atoms with E-state index in [0.717, 1.165) is 178 Å². The molecule has 1 aliphatic rings. The zero-order valence-electron chi connectivity index (χ0n) is 68.5. The van der Waals surface area contributed by atoms with Crippen LogP contribution in [0.3, 0.4) is 0 Å². The first kappa shape index (κ1) is 72.7. The van der Waals surface area contributed by atoms with Crippen molar-refractivity contribution in [3.05, 3.63) is 453 Å². The normalized spacial score (nSPS) is 12.8. The van der Waals surface area contributed by atoms with Crippen LogP contribution in [-0.4, -0.2) is 0 Å². The Hall–Kier alpha value is -16.1. The van der Waals surface area contributed by atoms with Crippen molar-refractivity contribution in [3.63, 3.8) is 0 Å². The number of anilines is 6. The van der Waals surface area contributed by atoms with Crippen molar-refractivity contribution < 1.29 is 13.3 Å². The molecule has 4 aromatic heterocycles. The highest BCUT2D eigenvalue weighted by molar-refractivity contribution is 7.26. The van der Waals surface area contributed by atoms with E-state index in [-0.39, 0.29) is 5.92 Å². The Morgan fingerprint density at radius 1 is 0.246 bits per heavy atom. The fraction of sp³-hybridized carbons (Fsp3) is 0.0167. The van der Waals surface area contributed by atoms with Crippen LogP contribution in [0.5, 0.6) is 0 Å². The van der Waals surface area contributed by atoms with Crippen LogP contribution in [0.1, 0.15) is 22.6 Å². The molecule has 20 aromatic carbocycles. The van der Waals surface area contributed by atoms with Crippen LogP contribution < -0.4 is 9.80 Å². The van der Waals surface area contributed by atoms with Gasteiger partial charge in [0.25, 0.3) is 0 Å². The standard InChI is InChI=1S/C120H76N2O3S/c1-4-22-75(23-5-1)76-46-59-88(60-47-76)121(91-65-52-82(53-66-91)96-34-18-37-102-99-32-14-17-43-113(99)126-120(96)102)108-38-15-13-31-98(108)101-36-21-42-112-116(101)105-71-58-87-72-84(57-68-95(87)118(105)124-112)86-45-44-83-55-70-103-114-93(33-19-40-110(114)125-119(103)107(83)74-86)81-50-63-90(64-51-81)122(89-61-48-77(49-62-89)85-56-67-92(78-24-6-2-7-25-78)106(73-85)79-26-8-3-9-27-79)109-39-16-12-30-97(109)100-35-20-41-111-115(100)104-69-54-80-28-10-11-29-94(80)117(104)123-111/h1-71,73-74,84H,72H2. The van der Waals surface area contributed by atoms with Crippen molar-refractivity contribution in [2.45, 2.75) is 12.3 Å². The third kappa shape index (κ3) is 12.2. The van der Waals surface area contributed by atoms with E-state index in [1.165, 1.54) is 75.8 Å². The zero-order valence-corrected chi connectivity index (χ0v) is 69.3. The van der Waals surface area contributed by atoms with Crippen LogP contribution in [-0.2, 0) is 6.42 Å². The van der Waals surface area contributed by atoms with E-state index < -0.39 is 0 Å². The van der Waals surface area contributed by atoms with Gasteiger partial charge in [-0.15, -0.1) is 11.3 Å². The van der Waals surface area contributed by atoms with E-state index in [4.69, 9.17) is 13.3 Å². The van der Waals surface area contributed by atoms with E-state index in [1.54, 1.807) is 0 Å². The van der Waals surface area contributed by atoms with Gasteiger partial charge in [-0.2, -0.15) is 0 Å². The maximum atomic E-state index is 7.12. The number of fused-ring (bicyclic) bond motifs is 18. The lowest BCUT2D eigenvalue weighted by Gasteiger charge is -2.28. The first-order chi connectivity index (χ1) is 62.5. The molecule has 0 aliphatic heterocycles. The number of nitrogens with zero attached hydrogens (tertiary/aromatic N) is 2. The first-order valence-corrected chi connectivity index (χ1v) is 44.1. The van der Waals surface area contributed by atoms with E-state index in [9.17, 15) is 0 Å². The Bertz CT molecular complexity index is 8470. The fourth-order valence-electron chi connectivity index (χ4n) is 20.0. The van der Waals surface area contributed by atoms with Gasteiger partial charge in [-0.05, 0) is 215 Å². The van der Waals surface area contributed by atoms with Crippen molar-refractivity contribution in [1.82, 2.24) is 0 Å². The number of thiophene rings is 1. The number of rotatable bonds is 15. The molecule has 0 fully saturated rings. The Morgan fingerprint density at radius 2 is 0.659 bits per heavy atom. The molecule has 0 N–H and O–H groups in total. The predicted octanol–water partition coefficient (Wildman–Crippen LogP) is 34.7. The molecular weight excluding hydrogens is 1550 g/mol. The monoisotopic (exact) mass is 1620 g/mol. The molecule has 0 saturated heterocycles. The summed E-state index contributed by atoms with van der Waals surface area (Å²) < 4.78 is 23.7. The summed E-state index contributed by atoms with van der Waals surface area (Å²) in [5, 5.41) is 13.6. The topological polar surface area (TPSA) is 45.9 Å². The quantitative estimate of drug-likeness (QED) is 0.102. The van der Waals surface area contributed by atoms with E-state index in [0.29, 0.717) is 0 Å². The van der Waals surface area contributed by atoms with Gasteiger partial charge in [-0.3, -0.25) is 0 Å². The first-order valence-electron chi connectivity index (χ1n) is 43.2. The number of hydrogen-bond acceptors (Lipinski definition) is 6. The third-order valence-electron chi connectivity index (χ3n) is 26.1. The van der Waals surface area contributed by atoms with Crippen molar-refractivity contribution in [1.29, 1.82) is 0 Å². The van der Waals surface area contributed by atoms with Gasteiger partial charge >= 0.3 is 0 Å². The van der Waals surface area contributed by atoms with Crippen LogP contribution in [0.4, 0.5) is 34.1 Å². The van der Waals surface area contributed by atoms with Gasteiger partial charge < -0.3 is 23.1 Å². The minimum Gasteiger partial charge on any atom is -0.455 e. The van der Waals surface area contributed by atoms with Crippen molar-refractivity contribution >= 4 is 159 Å². The summed E-state index contributed by atoms with van der Waals surface area (Å²) in [6, 6.07) is 157. The fourth-order valence-corrected chi connectivity index (χ4v) is 21.3. The van der Waals surface area contributed by atoms with Gasteiger partial charge in [0.15, 0.2) is 0 Å². The number of furan rings is 3. The molecule has 590 valence electrons. The molecule has 0 spiro atoms. The smallest absolute Gasteiger partial charge is 0.143 e. The largest absolute Gasteiger partial charge is 0.455 e. The van der Waals surface area contributed by atoms with Crippen LogP contribution in [0.2, 0.25) is 0 Å². The van der Waals surface area contributed by atoms with Crippen molar-refractivity contribution in [2.75, 3.05) is 9.80 Å². The molecule has 1 unspecified atom stereocenters. The molecule has 1 aliphatic carbocycles. The summed E-state index contributed by atoms with van der Waals surface area (Å²) in [7, 11) is 0. The molecule has 0 saturated carbocycles. The minimum atomic E-state index is 0.112. The lowest BCUT2D eigenvalue weighted by Crippen LogP contribution is -2.11. The lowest BCUT2D eigenvalue weighted by atomic mass is 9.83. The molecule has 5 nitrogen and oxygen atoms in total. The molecule has 0 bridgehead atoms. The lowest BCUT2D eigenvalue weighted by molar-refractivity contribution is 0.666. The molecular formula is C120H76N2O3S. The van der Waals surface area contributed by atoms with Gasteiger partial charge in [-0.1, -0.05) is 334 Å². The molecule has 0 radical (unpaired) electrons. The second-order valence-corrected chi connectivity index (χ2v) is 34.2. The Morgan fingerprint density at radius 3 is 1.28 bits per heavy atom. The average Bonchev–Trinajstić information content (AvgIpc) is 1.47. The summed E-state index contributed by atoms with van der Waals surface area (Å²) in [5.74, 6) is 0.112. The summed E-state index contributed by atoms with van der Waals surface area (Å²) >= 11 is 1.87. The number of benzene rings is 20. The van der Waals surface area contributed by atoms with Gasteiger partial charge in [0.05, 0.1) is 11.4 Å². The molecule has 0 amide bonds. The molecule has 6 heteroatoms. The summed E-state index contributed by atoms with van der Waals surface area (Å²) in [6.45, 7) is 0. The van der Waals surface area contributed by atoms with Gasteiger partial charge in [0, 0.05) is 109 Å². The maximum absolute atomic E-state index is 7.12. The Balaban J connectivity index is 0.546. The van der Waals surface area contributed by atoms with E-state index in [1.807, 2.05) is 11.3 Å². The summed E-state index contributed by atoms with van der Waals surface area (Å²) in [6.07, 6.45) is 5.51. The van der Waals surface area contributed by atoms with Crippen molar-refractivity contribution in [3.8, 4) is 89.0 Å². The number of para-hydroxylation sites is 2. The molecule has 126 heavy (non-hydrogen) atoms. The van der Waals surface area contributed by atoms with Crippen LogP contribution in [0.25, 0.3) is 203 Å². The second-order valence-electron chi connectivity index (χ2n) is 33.1. The predicted molar refractivity (Wildman–Crippen MR) is 531 cm³/mol. The molecule has 24 aromatic rings.